The highest BCUT2D eigenvalue weighted by Crippen LogP contribution is 2.31. The largest absolute Gasteiger partial charge is 0.496 e. The number of hydrogen-bond donors (Lipinski definition) is 1. The van der Waals surface area contributed by atoms with Gasteiger partial charge in [-0.25, -0.2) is 0 Å². The average molecular weight is 275 g/mol. The van der Waals surface area contributed by atoms with Crippen LogP contribution in [0, 0.1) is 5.41 Å². The molecular weight excluding hydrogens is 254 g/mol. The lowest BCUT2D eigenvalue weighted by molar-refractivity contribution is 0.379. The maximum atomic E-state index is 5.50. The smallest absolute Gasteiger partial charge is 0.240 e. The zero-order chi connectivity index (χ0) is 14.8. The molecule has 0 bridgehead atoms. The summed E-state index contributed by atoms with van der Waals surface area (Å²) in [5, 5.41) is 3.96. The molecule has 1 heterocycles. The molecule has 1 aromatic carbocycles. The minimum atomic E-state index is 0.214. The Bertz CT molecular complexity index is 585. The Kier molecular flexibility index (Phi) is 4.09. The lowest BCUT2D eigenvalue weighted by Crippen LogP contribution is -2.09. The SMILES string of the molecule is COc1ccc(CC(C)(C)C)cc1-c1noc(CN)n1. The van der Waals surface area contributed by atoms with Crippen molar-refractivity contribution in [1.29, 1.82) is 0 Å². The van der Waals surface area contributed by atoms with Gasteiger partial charge in [0.2, 0.25) is 11.7 Å². The third kappa shape index (κ3) is 3.36. The zero-order valence-electron chi connectivity index (χ0n) is 12.4. The molecule has 0 aliphatic carbocycles. The molecule has 5 heteroatoms. The predicted molar refractivity (Wildman–Crippen MR) is 77.3 cm³/mol. The summed E-state index contributed by atoms with van der Waals surface area (Å²) in [7, 11) is 1.63. The van der Waals surface area contributed by atoms with Crippen LogP contribution in [0.1, 0.15) is 32.2 Å². The van der Waals surface area contributed by atoms with E-state index in [2.05, 4.69) is 43.0 Å². The van der Waals surface area contributed by atoms with Crippen molar-refractivity contribution in [2.45, 2.75) is 33.7 Å². The van der Waals surface area contributed by atoms with Gasteiger partial charge in [0.05, 0.1) is 19.2 Å². The molecule has 108 valence electrons. The number of ether oxygens (including phenoxy) is 1. The molecule has 2 aromatic rings. The quantitative estimate of drug-likeness (QED) is 0.928. The number of nitrogens with zero attached hydrogens (tertiary/aromatic N) is 2. The molecule has 0 atom stereocenters. The van der Waals surface area contributed by atoms with Gasteiger partial charge in [-0.2, -0.15) is 4.98 Å². The number of nitrogens with two attached hydrogens (primary N) is 1. The van der Waals surface area contributed by atoms with Crippen molar-refractivity contribution in [3.63, 3.8) is 0 Å². The Morgan fingerprint density at radius 2 is 2.05 bits per heavy atom. The van der Waals surface area contributed by atoms with E-state index >= 15 is 0 Å². The third-order valence-corrected chi connectivity index (χ3v) is 2.88. The Morgan fingerprint density at radius 3 is 2.60 bits per heavy atom. The van der Waals surface area contributed by atoms with E-state index in [0.717, 1.165) is 17.7 Å². The van der Waals surface area contributed by atoms with Crippen molar-refractivity contribution in [2.24, 2.45) is 11.1 Å². The van der Waals surface area contributed by atoms with Crippen LogP contribution in [-0.2, 0) is 13.0 Å². The monoisotopic (exact) mass is 275 g/mol. The van der Waals surface area contributed by atoms with E-state index < -0.39 is 0 Å². The van der Waals surface area contributed by atoms with Crippen LogP contribution in [0.5, 0.6) is 5.75 Å². The van der Waals surface area contributed by atoms with Gasteiger partial charge in [-0.05, 0) is 29.5 Å². The van der Waals surface area contributed by atoms with Crippen LogP contribution < -0.4 is 10.5 Å². The molecular formula is C15H21N3O2. The number of aromatic nitrogens is 2. The fourth-order valence-electron chi connectivity index (χ4n) is 2.10. The summed E-state index contributed by atoms with van der Waals surface area (Å²) in [5.41, 5.74) is 7.76. The minimum Gasteiger partial charge on any atom is -0.496 e. The fraction of sp³-hybridized carbons (Fsp3) is 0.467. The second-order valence-electron chi connectivity index (χ2n) is 5.99. The molecule has 2 rings (SSSR count). The van der Waals surface area contributed by atoms with Crippen LogP contribution >= 0.6 is 0 Å². The topological polar surface area (TPSA) is 74.2 Å². The van der Waals surface area contributed by atoms with Gasteiger partial charge in [0.15, 0.2) is 0 Å². The molecule has 0 radical (unpaired) electrons. The van der Waals surface area contributed by atoms with Crippen LogP contribution in [0.15, 0.2) is 22.7 Å². The zero-order valence-corrected chi connectivity index (χ0v) is 12.4. The first-order valence-electron chi connectivity index (χ1n) is 6.63. The standard InChI is InChI=1S/C15H21N3O2/c1-15(2,3)8-10-5-6-12(19-4)11(7-10)14-17-13(9-16)20-18-14/h5-7H,8-9,16H2,1-4H3. The van der Waals surface area contributed by atoms with Gasteiger partial charge in [-0.15, -0.1) is 0 Å². The number of hydrogen-bond acceptors (Lipinski definition) is 5. The summed E-state index contributed by atoms with van der Waals surface area (Å²) in [6.45, 7) is 6.85. The molecule has 0 spiro atoms. The summed E-state index contributed by atoms with van der Waals surface area (Å²) in [5.74, 6) is 1.66. The molecule has 0 unspecified atom stereocenters. The Labute approximate surface area is 119 Å². The van der Waals surface area contributed by atoms with Crippen molar-refractivity contribution >= 4 is 0 Å². The van der Waals surface area contributed by atoms with Gasteiger partial charge in [0.1, 0.15) is 5.75 Å². The van der Waals surface area contributed by atoms with E-state index in [1.165, 1.54) is 5.56 Å². The summed E-state index contributed by atoms with van der Waals surface area (Å²) < 4.78 is 10.4. The first-order chi connectivity index (χ1) is 9.43. The molecule has 0 saturated heterocycles. The number of benzene rings is 1. The summed E-state index contributed by atoms with van der Waals surface area (Å²) >= 11 is 0. The second kappa shape index (κ2) is 5.63. The fourth-order valence-corrected chi connectivity index (χ4v) is 2.10. The Morgan fingerprint density at radius 1 is 1.30 bits per heavy atom. The molecule has 20 heavy (non-hydrogen) atoms. The van der Waals surface area contributed by atoms with Crippen molar-refractivity contribution in [3.05, 3.63) is 29.7 Å². The van der Waals surface area contributed by atoms with Gasteiger partial charge in [0.25, 0.3) is 0 Å². The van der Waals surface area contributed by atoms with Crippen LogP contribution in [0.25, 0.3) is 11.4 Å². The van der Waals surface area contributed by atoms with Gasteiger partial charge in [0, 0.05) is 0 Å². The molecule has 5 nitrogen and oxygen atoms in total. The van der Waals surface area contributed by atoms with Crippen molar-refractivity contribution in [2.75, 3.05) is 7.11 Å². The molecule has 0 fully saturated rings. The molecule has 2 N–H and O–H groups in total. The first-order valence-corrected chi connectivity index (χ1v) is 6.63. The summed E-state index contributed by atoms with van der Waals surface area (Å²) in [6, 6.07) is 6.06. The summed E-state index contributed by atoms with van der Waals surface area (Å²) in [4.78, 5) is 4.26. The number of methoxy groups -OCH3 is 1. The molecule has 0 amide bonds. The summed E-state index contributed by atoms with van der Waals surface area (Å²) in [6.07, 6.45) is 0.964. The molecule has 0 aliphatic heterocycles. The van der Waals surface area contributed by atoms with E-state index in [4.69, 9.17) is 15.0 Å². The van der Waals surface area contributed by atoms with Crippen LogP contribution in [-0.4, -0.2) is 17.3 Å². The average Bonchev–Trinajstić information content (AvgIpc) is 2.85. The van der Waals surface area contributed by atoms with Crippen molar-refractivity contribution in [3.8, 4) is 17.1 Å². The highest BCUT2D eigenvalue weighted by molar-refractivity contribution is 5.64. The lowest BCUT2D eigenvalue weighted by Gasteiger charge is -2.18. The van der Waals surface area contributed by atoms with Crippen molar-refractivity contribution in [1.82, 2.24) is 10.1 Å². The van der Waals surface area contributed by atoms with E-state index in [1.807, 2.05) is 6.07 Å². The highest BCUT2D eigenvalue weighted by Gasteiger charge is 2.16. The first kappa shape index (κ1) is 14.5. The number of rotatable bonds is 4. The van der Waals surface area contributed by atoms with E-state index in [1.54, 1.807) is 7.11 Å². The van der Waals surface area contributed by atoms with Gasteiger partial charge < -0.3 is 15.0 Å². The maximum Gasteiger partial charge on any atom is 0.240 e. The normalized spacial score (nSPS) is 11.7. The molecule has 1 aromatic heterocycles. The van der Waals surface area contributed by atoms with Gasteiger partial charge in [-0.3, -0.25) is 0 Å². The maximum absolute atomic E-state index is 5.50. The van der Waals surface area contributed by atoms with Crippen LogP contribution in [0.3, 0.4) is 0 Å². The Balaban J connectivity index is 2.41. The van der Waals surface area contributed by atoms with E-state index in [0.29, 0.717) is 11.7 Å². The predicted octanol–water partition coefficient (Wildman–Crippen LogP) is 2.79. The molecule has 0 aliphatic rings. The minimum absolute atomic E-state index is 0.214. The molecule has 0 saturated carbocycles. The van der Waals surface area contributed by atoms with E-state index in [9.17, 15) is 0 Å². The van der Waals surface area contributed by atoms with Gasteiger partial charge >= 0.3 is 0 Å². The van der Waals surface area contributed by atoms with Crippen LogP contribution in [0.2, 0.25) is 0 Å². The van der Waals surface area contributed by atoms with Crippen LogP contribution in [0.4, 0.5) is 0 Å². The third-order valence-electron chi connectivity index (χ3n) is 2.88. The Hall–Kier alpha value is -1.88. The van der Waals surface area contributed by atoms with Crippen molar-refractivity contribution < 1.29 is 9.26 Å². The van der Waals surface area contributed by atoms with Gasteiger partial charge in [-0.1, -0.05) is 32.0 Å². The second-order valence-corrected chi connectivity index (χ2v) is 5.99. The lowest BCUT2D eigenvalue weighted by atomic mass is 9.87. The van der Waals surface area contributed by atoms with E-state index in [-0.39, 0.29) is 12.0 Å². The highest BCUT2D eigenvalue weighted by atomic mass is 16.5.